The Bertz CT molecular complexity index is 1590. The van der Waals surface area contributed by atoms with E-state index >= 15 is 0 Å². The van der Waals surface area contributed by atoms with E-state index < -0.39 is 0 Å². The van der Waals surface area contributed by atoms with Crippen LogP contribution in [0.2, 0.25) is 0 Å². The number of thioether (sulfide) groups is 1. The van der Waals surface area contributed by atoms with Gasteiger partial charge in [-0.25, -0.2) is 4.98 Å². The average Bonchev–Trinajstić information content (AvgIpc) is 3.20. The minimum absolute atomic E-state index is 0.00300. The summed E-state index contributed by atoms with van der Waals surface area (Å²) in [6, 6.07) is 22.9. The highest BCUT2D eigenvalue weighted by atomic mass is 32.2. The topological polar surface area (TPSA) is 78.2 Å². The number of rotatable bonds is 7. The maximum absolute atomic E-state index is 13.6. The van der Waals surface area contributed by atoms with Crippen molar-refractivity contribution in [3.8, 4) is 5.75 Å². The first-order chi connectivity index (χ1) is 17.1. The zero-order valence-electron chi connectivity index (χ0n) is 19.4. The molecule has 0 saturated carbocycles. The molecule has 0 aliphatic heterocycles. The highest BCUT2D eigenvalue weighted by Crippen LogP contribution is 2.26. The summed E-state index contributed by atoms with van der Waals surface area (Å²) in [6.07, 6.45) is 3.56. The summed E-state index contributed by atoms with van der Waals surface area (Å²) < 4.78 is 8.55. The number of nitrogens with zero attached hydrogens (tertiary/aromatic N) is 3. The molecule has 0 fully saturated rings. The Hall–Kier alpha value is -4.04. The standard InChI is InChI=1S/C27H24N4O3S/c1-34-20-12-10-18(11-13-20)15-30-17-28-25-22-8-3-4-9-23(22)31(26(25)27(30)33)16-24(32)29-19-6-5-7-21(14-19)35-2/h3-14,17H,15-16H2,1-2H3,(H,29,32). The van der Waals surface area contributed by atoms with Crippen molar-refractivity contribution in [1.29, 1.82) is 0 Å². The predicted molar refractivity (Wildman–Crippen MR) is 140 cm³/mol. The molecule has 0 spiro atoms. The second kappa shape index (κ2) is 9.68. The van der Waals surface area contributed by atoms with Gasteiger partial charge in [0.2, 0.25) is 5.91 Å². The summed E-state index contributed by atoms with van der Waals surface area (Å²) in [4.78, 5) is 32.3. The number of para-hydroxylation sites is 1. The molecule has 0 aliphatic carbocycles. The van der Waals surface area contributed by atoms with Crippen molar-refractivity contribution in [2.45, 2.75) is 18.0 Å². The first kappa shape index (κ1) is 22.7. The van der Waals surface area contributed by atoms with Crippen molar-refractivity contribution in [1.82, 2.24) is 14.1 Å². The summed E-state index contributed by atoms with van der Waals surface area (Å²) in [5, 5.41) is 3.80. The number of anilines is 1. The van der Waals surface area contributed by atoms with E-state index in [1.807, 2.05) is 79.1 Å². The molecule has 2 heterocycles. The van der Waals surface area contributed by atoms with Gasteiger partial charge in [0.05, 0.1) is 25.5 Å². The first-order valence-electron chi connectivity index (χ1n) is 11.1. The van der Waals surface area contributed by atoms with E-state index in [0.717, 1.165) is 32.8 Å². The van der Waals surface area contributed by atoms with Crippen LogP contribution in [0.15, 0.2) is 88.8 Å². The third-order valence-electron chi connectivity index (χ3n) is 5.90. The number of carbonyl (C=O) groups is 1. The number of aromatic nitrogens is 3. The number of ether oxygens (including phenoxy) is 1. The lowest BCUT2D eigenvalue weighted by atomic mass is 10.2. The van der Waals surface area contributed by atoms with Crippen LogP contribution in [0, 0.1) is 0 Å². The molecule has 0 aliphatic rings. The van der Waals surface area contributed by atoms with Gasteiger partial charge >= 0.3 is 0 Å². The van der Waals surface area contributed by atoms with Gasteiger partial charge in [0.1, 0.15) is 23.3 Å². The van der Waals surface area contributed by atoms with Gasteiger partial charge in [-0.3, -0.25) is 14.2 Å². The summed E-state index contributed by atoms with van der Waals surface area (Å²) in [7, 11) is 1.62. The van der Waals surface area contributed by atoms with E-state index in [1.54, 1.807) is 34.3 Å². The van der Waals surface area contributed by atoms with Crippen LogP contribution in [0.4, 0.5) is 5.69 Å². The number of nitrogens with one attached hydrogen (secondary N) is 1. The van der Waals surface area contributed by atoms with Gasteiger partial charge in [-0.15, -0.1) is 11.8 Å². The van der Waals surface area contributed by atoms with E-state index in [1.165, 1.54) is 0 Å². The molecule has 7 nitrogen and oxygen atoms in total. The largest absolute Gasteiger partial charge is 0.497 e. The normalized spacial score (nSPS) is 11.1. The third kappa shape index (κ3) is 4.52. The fourth-order valence-corrected chi connectivity index (χ4v) is 4.66. The lowest BCUT2D eigenvalue weighted by Crippen LogP contribution is -2.25. The molecule has 3 aromatic carbocycles. The second-order valence-electron chi connectivity index (χ2n) is 8.11. The number of carbonyl (C=O) groups excluding carboxylic acids is 1. The van der Waals surface area contributed by atoms with Crippen LogP contribution in [-0.2, 0) is 17.9 Å². The highest BCUT2D eigenvalue weighted by Gasteiger charge is 2.18. The highest BCUT2D eigenvalue weighted by molar-refractivity contribution is 7.98. The van der Waals surface area contributed by atoms with Gasteiger partial charge < -0.3 is 14.6 Å². The molecule has 8 heteroatoms. The van der Waals surface area contributed by atoms with Crippen molar-refractivity contribution in [3.05, 3.63) is 95.0 Å². The van der Waals surface area contributed by atoms with Gasteiger partial charge in [0.25, 0.3) is 5.56 Å². The fourth-order valence-electron chi connectivity index (χ4n) is 4.20. The molecule has 1 N–H and O–H groups in total. The van der Waals surface area contributed by atoms with Crippen LogP contribution < -0.4 is 15.6 Å². The van der Waals surface area contributed by atoms with Crippen LogP contribution in [0.5, 0.6) is 5.75 Å². The minimum Gasteiger partial charge on any atom is -0.497 e. The smallest absolute Gasteiger partial charge is 0.278 e. The Morgan fingerprint density at radius 2 is 1.86 bits per heavy atom. The number of benzene rings is 3. The fraction of sp³-hybridized carbons (Fsp3) is 0.148. The number of amides is 1. The second-order valence-corrected chi connectivity index (χ2v) is 8.99. The van der Waals surface area contributed by atoms with E-state index in [9.17, 15) is 9.59 Å². The number of hydrogen-bond donors (Lipinski definition) is 1. The molecule has 0 bridgehead atoms. The van der Waals surface area contributed by atoms with Crippen LogP contribution in [0.25, 0.3) is 21.9 Å². The molecule has 176 valence electrons. The van der Waals surface area contributed by atoms with Gasteiger partial charge in [-0.05, 0) is 48.2 Å². The Morgan fingerprint density at radius 3 is 2.63 bits per heavy atom. The van der Waals surface area contributed by atoms with Gasteiger partial charge in [0, 0.05) is 16.0 Å². The summed E-state index contributed by atoms with van der Waals surface area (Å²) in [5.41, 5.74) is 3.27. The molecule has 1 amide bonds. The number of hydrogen-bond acceptors (Lipinski definition) is 5. The van der Waals surface area contributed by atoms with E-state index in [4.69, 9.17) is 4.74 Å². The van der Waals surface area contributed by atoms with Gasteiger partial charge in [0.15, 0.2) is 0 Å². The van der Waals surface area contributed by atoms with Gasteiger partial charge in [-0.2, -0.15) is 0 Å². The van der Waals surface area contributed by atoms with Crippen molar-refractivity contribution in [2.24, 2.45) is 0 Å². The third-order valence-corrected chi connectivity index (χ3v) is 6.63. The summed E-state index contributed by atoms with van der Waals surface area (Å²) >= 11 is 1.61. The van der Waals surface area contributed by atoms with Crippen molar-refractivity contribution in [3.63, 3.8) is 0 Å². The maximum Gasteiger partial charge on any atom is 0.278 e. The molecule has 0 radical (unpaired) electrons. The molecule has 0 unspecified atom stereocenters. The maximum atomic E-state index is 13.6. The molecule has 0 saturated heterocycles. The molecule has 5 rings (SSSR count). The molecule has 0 atom stereocenters. The average molecular weight is 485 g/mol. The summed E-state index contributed by atoms with van der Waals surface area (Å²) in [6.45, 7) is 0.359. The number of methoxy groups -OCH3 is 1. The van der Waals surface area contributed by atoms with E-state index in [-0.39, 0.29) is 18.0 Å². The molecular weight excluding hydrogens is 460 g/mol. The Kier molecular flexibility index (Phi) is 6.29. The number of fused-ring (bicyclic) bond motifs is 3. The summed E-state index contributed by atoms with van der Waals surface area (Å²) in [5.74, 6) is 0.541. The van der Waals surface area contributed by atoms with Crippen LogP contribution in [0.1, 0.15) is 5.56 Å². The predicted octanol–water partition coefficient (Wildman–Crippen LogP) is 4.77. The Balaban J connectivity index is 1.53. The zero-order chi connectivity index (χ0) is 24.4. The molecule has 35 heavy (non-hydrogen) atoms. The van der Waals surface area contributed by atoms with Crippen molar-refractivity contribution < 1.29 is 9.53 Å². The van der Waals surface area contributed by atoms with E-state index in [0.29, 0.717) is 17.6 Å². The molecule has 2 aromatic heterocycles. The lowest BCUT2D eigenvalue weighted by Gasteiger charge is -2.11. The van der Waals surface area contributed by atoms with Crippen molar-refractivity contribution >= 4 is 45.3 Å². The Morgan fingerprint density at radius 1 is 1.06 bits per heavy atom. The monoisotopic (exact) mass is 484 g/mol. The minimum atomic E-state index is -0.212. The quantitative estimate of drug-likeness (QED) is 0.337. The first-order valence-corrected chi connectivity index (χ1v) is 12.3. The zero-order valence-corrected chi connectivity index (χ0v) is 20.2. The van der Waals surface area contributed by atoms with Crippen LogP contribution >= 0.6 is 11.8 Å². The SMILES string of the molecule is COc1ccc(Cn2cnc3c4ccccc4n(CC(=O)Nc4cccc(SC)c4)c3c2=O)cc1. The van der Waals surface area contributed by atoms with Crippen LogP contribution in [-0.4, -0.2) is 33.4 Å². The van der Waals surface area contributed by atoms with Gasteiger partial charge in [-0.1, -0.05) is 36.4 Å². The Labute approximate surface area is 206 Å². The molecule has 5 aromatic rings. The lowest BCUT2D eigenvalue weighted by molar-refractivity contribution is -0.116. The van der Waals surface area contributed by atoms with Crippen LogP contribution in [0.3, 0.4) is 0 Å². The van der Waals surface area contributed by atoms with E-state index in [2.05, 4.69) is 10.3 Å². The molecular formula is C27H24N4O3S. The van der Waals surface area contributed by atoms with Crippen molar-refractivity contribution in [2.75, 3.05) is 18.7 Å².